The molecule has 2 aliphatic rings. The molecule has 0 bridgehead atoms. The molecule has 0 N–H and O–H groups in total. The maximum Gasteiger partial charge on any atom is 0.379 e. The number of benzene rings is 12. The normalized spacial score (nSPS) is 13.1. The van der Waals surface area contributed by atoms with E-state index in [9.17, 15) is 47.5 Å². The van der Waals surface area contributed by atoms with E-state index >= 15 is 0 Å². The number of hydrogen-bond donors (Lipinski definition) is 0. The van der Waals surface area contributed by atoms with Gasteiger partial charge in [0.05, 0.1) is 44.5 Å². The second-order valence-corrected chi connectivity index (χ2v) is 39.0. The molecule has 2 saturated heterocycles. The number of ketones is 4. The van der Waals surface area contributed by atoms with Gasteiger partial charge in [-0.2, -0.15) is 0 Å². The van der Waals surface area contributed by atoms with Gasteiger partial charge in [-0.3, -0.25) is 38.5 Å². The number of hydrogen-bond acceptors (Lipinski definition) is 17. The summed E-state index contributed by atoms with van der Waals surface area (Å²) in [5.41, 5.74) is 12.6. The molecule has 2 heterocycles. The first-order valence-corrected chi connectivity index (χ1v) is 47.6. The third-order valence-electron chi connectivity index (χ3n) is 22.7. The smallest absolute Gasteiger partial charge is 0.379 e. The van der Waals surface area contributed by atoms with E-state index in [0.717, 1.165) is 137 Å². The van der Waals surface area contributed by atoms with Crippen molar-refractivity contribution in [2.45, 2.75) is 106 Å². The van der Waals surface area contributed by atoms with E-state index in [0.29, 0.717) is 46.1 Å². The lowest BCUT2D eigenvalue weighted by atomic mass is 9.73. The van der Waals surface area contributed by atoms with Crippen LogP contribution in [0.5, 0.6) is 0 Å². The number of ether oxygens (including phenoxy) is 3. The van der Waals surface area contributed by atoms with E-state index in [1.807, 2.05) is 285 Å². The summed E-state index contributed by atoms with van der Waals surface area (Å²) in [5, 5.41) is 1.43. The molecular weight excluding hydrogens is 1650 g/mol. The Labute approximate surface area is 760 Å². The van der Waals surface area contributed by atoms with Gasteiger partial charge in [-0.05, 0) is 185 Å². The third-order valence-corrected chi connectivity index (χ3v) is 29.0. The molecule has 0 saturated carbocycles. The zero-order valence-corrected chi connectivity index (χ0v) is 79.1. The number of thioether (sulfide) groups is 1. The summed E-state index contributed by atoms with van der Waals surface area (Å²) >= 11 is 1.69. The number of Topliss-reactive ketones (excluding diaryl/α,β-unsaturated/α-hetero) is 3. The summed E-state index contributed by atoms with van der Waals surface area (Å²) in [6.45, 7) is 30.3. The number of esters is 1. The fourth-order valence-corrected chi connectivity index (χ4v) is 21.9. The minimum absolute atomic E-state index is 0.0752. The zero-order chi connectivity index (χ0) is 92.9. The Hall–Kier alpha value is -11.8. The van der Waals surface area contributed by atoms with Crippen LogP contribution in [0.15, 0.2) is 302 Å². The summed E-state index contributed by atoms with van der Waals surface area (Å²) in [5.74, 6) is -0.950. The fourth-order valence-electron chi connectivity index (χ4n) is 16.3. The van der Waals surface area contributed by atoms with Gasteiger partial charge in [0.15, 0.2) is 17.3 Å². The number of morpholine rings is 2. The molecule has 128 heavy (non-hydrogen) atoms. The molecule has 2 fully saturated rings. The number of methoxy groups -OCH3 is 1. The highest BCUT2D eigenvalue weighted by atomic mass is 32.2. The zero-order valence-electron chi connectivity index (χ0n) is 76.5. The number of anilines is 1. The molecule has 2 aliphatic heterocycles. The van der Waals surface area contributed by atoms with Gasteiger partial charge in [-0.1, -0.05) is 284 Å². The van der Waals surface area contributed by atoms with Crippen LogP contribution in [0.4, 0.5) is 5.69 Å². The average Bonchev–Trinajstić information content (AvgIpc) is 0.746. The number of aryl methyl sites for hydroxylation is 9. The highest BCUT2D eigenvalue weighted by Gasteiger charge is 2.46. The standard InChI is InChI=1S/C26H27O3P.C24H32N2O2.C22H21O2P.C15H21NO2S.C13H10O.C9H8O3/c1-16-12-18(3)23(19(4)13-16)25(27)30(29,22-10-8-7-9-11-22)26(28)24-20(5)14-17(2)15-21(24)6;1-4-24(19-25(2)3,18-20-8-6-5-7-9-20)23(27)21-10-12-22(13-11-21)26-14-16-28-17-15-26;1-16-14-17(2)21(18(3)15-16)22(23)25(24,19-10-6-4-7-11-19)20-12-8-5-9-13-20;1-15(2,16-8-10-18-11-9-16)14(17)12-4-6-13(19-3)7-5-12;14-13(11-7-3-1-4-8-11)12-9-5-2-6-10-12;1-12-9(11)8(10)7-5-3-2-4-6-7/h7-15H,1-6H3;5-13H,4,14-19H2,1-3H3;4-15H,1-3H3;4-7H,8-11H2,1-3H3;1-10H;2-6H,1H3. The Bertz CT molecular complexity index is 5640. The third kappa shape index (κ3) is 25.6. The van der Waals surface area contributed by atoms with Crippen molar-refractivity contribution in [3.63, 3.8) is 0 Å². The Kier molecular flexibility index (Phi) is 37.0. The SMILES string of the molecule is CCC(Cc1ccccc1)(CN(C)C)C(=O)c1ccc(N2CCOCC2)cc1.COC(=O)C(=O)c1ccccc1.CSc1ccc(C(=O)C(C)(C)N2CCOCC2)cc1.Cc1cc(C)c(C(=O)P(=O)(C(=O)c2c(C)cc(C)cc2C)c2ccccc2)c(C)c1.Cc1cc(C)c(C(=O)P(=O)(c2ccccc2)c2ccccc2)c(C)c1.O=C(c1ccccc1)c1ccccc1. The monoisotopic (exact) mass is 1770 g/mol. The van der Waals surface area contributed by atoms with Gasteiger partial charge in [0.25, 0.3) is 5.78 Å². The lowest BCUT2D eigenvalue weighted by Crippen LogP contribution is -2.54. The van der Waals surface area contributed by atoms with Gasteiger partial charge in [0, 0.05) is 104 Å². The highest BCUT2D eigenvalue weighted by molar-refractivity contribution is 8.01. The predicted octanol–water partition coefficient (Wildman–Crippen LogP) is 21.5. The molecule has 0 spiro atoms. The van der Waals surface area contributed by atoms with Crippen LogP contribution in [0, 0.1) is 67.7 Å². The van der Waals surface area contributed by atoms with Gasteiger partial charge in [-0.15, -0.1) is 11.8 Å². The van der Waals surface area contributed by atoms with Crippen LogP contribution in [0.2, 0.25) is 0 Å². The summed E-state index contributed by atoms with van der Waals surface area (Å²) in [4.78, 5) is 109. The van der Waals surface area contributed by atoms with Crippen LogP contribution in [0.25, 0.3) is 0 Å². The Balaban J connectivity index is 0.000000178. The molecule has 1 unspecified atom stereocenters. The van der Waals surface area contributed by atoms with E-state index in [-0.39, 0.29) is 28.2 Å². The summed E-state index contributed by atoms with van der Waals surface area (Å²) in [6, 6.07) is 91.4. The van der Waals surface area contributed by atoms with Crippen LogP contribution in [0.1, 0.15) is 161 Å². The van der Waals surface area contributed by atoms with Gasteiger partial charge < -0.3 is 33.1 Å². The van der Waals surface area contributed by atoms with Crippen molar-refractivity contribution in [2.24, 2.45) is 5.41 Å². The van der Waals surface area contributed by atoms with Crippen LogP contribution in [0.3, 0.4) is 0 Å². The number of nitrogens with zero attached hydrogens (tertiary/aromatic N) is 3. The van der Waals surface area contributed by atoms with Gasteiger partial charge in [-0.25, -0.2) is 4.79 Å². The van der Waals surface area contributed by atoms with Crippen molar-refractivity contribution >= 4 is 93.3 Å². The molecular formula is C109H119N3O13P2S. The minimum atomic E-state index is -4.11. The number of carbonyl (C=O) groups excluding carboxylic acids is 8. The lowest BCUT2D eigenvalue weighted by molar-refractivity contribution is -0.135. The van der Waals surface area contributed by atoms with Crippen molar-refractivity contribution in [1.82, 2.24) is 9.80 Å². The maximum absolute atomic E-state index is 14.5. The average molecular weight is 1770 g/mol. The van der Waals surface area contributed by atoms with E-state index in [2.05, 4.69) is 50.6 Å². The topological polar surface area (TPSA) is 208 Å². The molecule has 0 aliphatic carbocycles. The first kappa shape index (κ1) is 100. The molecule has 14 rings (SSSR count). The van der Waals surface area contributed by atoms with Crippen LogP contribution < -0.4 is 20.8 Å². The predicted molar refractivity (Wildman–Crippen MR) is 522 cm³/mol. The molecule has 12 aromatic carbocycles. The second-order valence-electron chi connectivity index (χ2n) is 32.9. The molecule has 664 valence electrons. The number of rotatable bonds is 25. The van der Waals surface area contributed by atoms with Crippen LogP contribution >= 0.6 is 26.0 Å². The molecule has 0 aromatic heterocycles. The van der Waals surface area contributed by atoms with Crippen molar-refractivity contribution in [3.05, 3.63) is 397 Å². The Morgan fingerprint density at radius 2 is 0.750 bits per heavy atom. The number of carbonyl (C=O) groups is 8. The molecule has 1 atom stereocenters. The van der Waals surface area contributed by atoms with E-state index in [1.165, 1.54) is 17.6 Å². The van der Waals surface area contributed by atoms with Gasteiger partial charge in [0.2, 0.25) is 30.9 Å². The highest BCUT2D eigenvalue weighted by Crippen LogP contribution is 2.53. The minimum Gasteiger partial charge on any atom is -0.463 e. The molecule has 16 nitrogen and oxygen atoms in total. The second kappa shape index (κ2) is 47.3. The lowest BCUT2D eigenvalue weighted by Gasteiger charge is -2.39. The van der Waals surface area contributed by atoms with Crippen molar-refractivity contribution in [1.29, 1.82) is 0 Å². The van der Waals surface area contributed by atoms with Crippen molar-refractivity contribution in [3.8, 4) is 0 Å². The van der Waals surface area contributed by atoms with Crippen molar-refractivity contribution < 1.29 is 61.7 Å². The first-order valence-electron chi connectivity index (χ1n) is 43.0. The molecule has 19 heteroatoms. The summed E-state index contributed by atoms with van der Waals surface area (Å²) in [6.07, 6.45) is 3.60. The molecule has 0 radical (unpaired) electrons. The van der Waals surface area contributed by atoms with E-state index in [4.69, 9.17) is 9.47 Å². The van der Waals surface area contributed by atoms with E-state index < -0.39 is 48.0 Å². The maximum atomic E-state index is 14.5. The Morgan fingerprint density at radius 1 is 0.414 bits per heavy atom. The fraction of sp³-hybridized carbons (Fsp3) is 0.266. The van der Waals surface area contributed by atoms with Crippen LogP contribution in [-0.2, 0) is 34.6 Å². The van der Waals surface area contributed by atoms with Gasteiger partial charge >= 0.3 is 5.97 Å². The molecule has 12 aromatic rings. The first-order chi connectivity index (χ1) is 61.2. The summed E-state index contributed by atoms with van der Waals surface area (Å²) in [7, 11) is -2.28. The van der Waals surface area contributed by atoms with Crippen molar-refractivity contribution in [2.75, 3.05) is 91.5 Å². The quantitative estimate of drug-likeness (QED) is 0.0171. The molecule has 0 amide bonds. The summed E-state index contributed by atoms with van der Waals surface area (Å²) < 4.78 is 43.7. The Morgan fingerprint density at radius 3 is 1.12 bits per heavy atom. The van der Waals surface area contributed by atoms with Gasteiger partial charge in [0.1, 0.15) is 0 Å². The van der Waals surface area contributed by atoms with Crippen LogP contribution in [-0.4, -0.2) is 148 Å². The largest absolute Gasteiger partial charge is 0.463 e. The van der Waals surface area contributed by atoms with E-state index in [1.54, 1.807) is 96.7 Å².